The van der Waals surface area contributed by atoms with Crippen molar-refractivity contribution in [1.82, 2.24) is 4.90 Å². The number of carbonyl (C=O) groups is 1. The van der Waals surface area contributed by atoms with Gasteiger partial charge in [-0.1, -0.05) is 22.0 Å². The van der Waals surface area contributed by atoms with E-state index in [-0.39, 0.29) is 17.4 Å². The first-order chi connectivity index (χ1) is 8.49. The number of carbonyl (C=O) groups excluding carboxylic acids is 1. The van der Waals surface area contributed by atoms with Crippen LogP contribution in [0.1, 0.15) is 30.6 Å². The summed E-state index contributed by atoms with van der Waals surface area (Å²) in [6, 6.07) is 3.82. The van der Waals surface area contributed by atoms with Crippen molar-refractivity contribution in [2.24, 2.45) is 0 Å². The zero-order valence-corrected chi connectivity index (χ0v) is 12.1. The normalized spacial score (nSPS) is 10.7. The van der Waals surface area contributed by atoms with Crippen LogP contribution in [0.4, 0.5) is 4.39 Å². The summed E-state index contributed by atoms with van der Waals surface area (Å²) >= 11 is 3.30. The van der Waals surface area contributed by atoms with E-state index in [1.165, 1.54) is 18.2 Å². The molecule has 0 bridgehead atoms. The number of amides is 1. The maximum atomic E-state index is 13.6. The predicted octanol–water partition coefficient (Wildman–Crippen LogP) is 3.17. The maximum Gasteiger partial charge on any atom is 0.260 e. The molecule has 0 aliphatic carbocycles. The molecular formula is C13H17BrFNO2. The number of halogens is 2. The molecule has 0 aliphatic heterocycles. The van der Waals surface area contributed by atoms with E-state index in [2.05, 4.69) is 15.9 Å². The average molecular weight is 318 g/mol. The van der Waals surface area contributed by atoms with Gasteiger partial charge in [0, 0.05) is 17.9 Å². The van der Waals surface area contributed by atoms with E-state index in [0.29, 0.717) is 6.54 Å². The van der Waals surface area contributed by atoms with Crippen LogP contribution >= 0.6 is 15.9 Å². The molecule has 1 rings (SSSR count). The number of hydrogen-bond donors (Lipinski definition) is 1. The molecule has 0 saturated heterocycles. The summed E-state index contributed by atoms with van der Waals surface area (Å²) in [7, 11) is 0. The lowest BCUT2D eigenvalue weighted by molar-refractivity contribution is 0.0698. The zero-order valence-electron chi connectivity index (χ0n) is 10.5. The first kappa shape index (κ1) is 15.0. The third kappa shape index (κ3) is 3.45. The van der Waals surface area contributed by atoms with Crippen molar-refractivity contribution in [2.45, 2.75) is 26.3 Å². The van der Waals surface area contributed by atoms with Crippen molar-refractivity contribution in [3.8, 4) is 5.75 Å². The molecule has 0 spiro atoms. The van der Waals surface area contributed by atoms with E-state index >= 15 is 0 Å². The summed E-state index contributed by atoms with van der Waals surface area (Å²) in [6.45, 7) is 4.25. The number of phenols is 1. The average Bonchev–Trinajstić information content (AvgIpc) is 2.28. The summed E-state index contributed by atoms with van der Waals surface area (Å²) in [5.74, 6) is -1.48. The minimum Gasteiger partial charge on any atom is -0.507 e. The Hall–Kier alpha value is -1.10. The van der Waals surface area contributed by atoms with Crippen molar-refractivity contribution < 1.29 is 14.3 Å². The Kier molecular flexibility index (Phi) is 5.59. The van der Waals surface area contributed by atoms with Gasteiger partial charge in [-0.15, -0.1) is 0 Å². The second-order valence-electron chi connectivity index (χ2n) is 4.27. The first-order valence-electron chi connectivity index (χ1n) is 5.83. The molecule has 0 saturated carbocycles. The van der Waals surface area contributed by atoms with Crippen LogP contribution < -0.4 is 0 Å². The van der Waals surface area contributed by atoms with Crippen molar-refractivity contribution in [1.29, 1.82) is 0 Å². The van der Waals surface area contributed by atoms with Crippen LogP contribution in [0.3, 0.4) is 0 Å². The molecule has 1 aromatic carbocycles. The molecule has 0 heterocycles. The van der Waals surface area contributed by atoms with Crippen LogP contribution in [-0.2, 0) is 0 Å². The van der Waals surface area contributed by atoms with Gasteiger partial charge in [-0.25, -0.2) is 4.39 Å². The van der Waals surface area contributed by atoms with Gasteiger partial charge in [0.2, 0.25) is 0 Å². The number of nitrogens with zero attached hydrogens (tertiary/aromatic N) is 1. The lowest BCUT2D eigenvalue weighted by atomic mass is 10.1. The maximum absolute atomic E-state index is 13.6. The van der Waals surface area contributed by atoms with Crippen molar-refractivity contribution in [2.75, 3.05) is 11.9 Å². The summed E-state index contributed by atoms with van der Waals surface area (Å²) in [4.78, 5) is 13.8. The minimum absolute atomic E-state index is 0.0458. The molecule has 0 aliphatic rings. The van der Waals surface area contributed by atoms with Crippen LogP contribution in [0, 0.1) is 5.82 Å². The number of aromatic hydroxyl groups is 1. The molecule has 1 N–H and O–H groups in total. The molecule has 18 heavy (non-hydrogen) atoms. The third-order valence-corrected chi connectivity index (χ3v) is 3.18. The highest BCUT2D eigenvalue weighted by atomic mass is 79.9. The summed E-state index contributed by atoms with van der Waals surface area (Å²) in [5.41, 5.74) is -0.249. The van der Waals surface area contributed by atoms with E-state index in [4.69, 9.17) is 0 Å². The number of rotatable bonds is 5. The largest absolute Gasteiger partial charge is 0.507 e. The lowest BCUT2D eigenvalue weighted by Gasteiger charge is -2.27. The van der Waals surface area contributed by atoms with Crippen LogP contribution in [0.15, 0.2) is 18.2 Å². The molecular weight excluding hydrogens is 301 g/mol. The van der Waals surface area contributed by atoms with Gasteiger partial charge in [-0.2, -0.15) is 0 Å². The molecule has 0 atom stereocenters. The highest BCUT2D eigenvalue weighted by Crippen LogP contribution is 2.22. The van der Waals surface area contributed by atoms with Crippen molar-refractivity contribution in [3.63, 3.8) is 0 Å². The monoisotopic (exact) mass is 317 g/mol. The second-order valence-corrected chi connectivity index (χ2v) is 5.06. The Balaban J connectivity index is 3.02. The Labute approximate surface area is 115 Å². The number of hydrogen-bond acceptors (Lipinski definition) is 2. The molecule has 3 nitrogen and oxygen atoms in total. The van der Waals surface area contributed by atoms with Gasteiger partial charge in [0.05, 0.1) is 0 Å². The number of benzene rings is 1. The standard InChI is InChI=1S/C13H17BrFNO2/c1-9(2)16(8-4-7-14)13(18)12-10(15)5-3-6-11(12)17/h3,5-6,9,17H,4,7-8H2,1-2H3. The molecule has 1 aromatic rings. The highest BCUT2D eigenvalue weighted by Gasteiger charge is 2.24. The van der Waals surface area contributed by atoms with Gasteiger partial charge in [-0.3, -0.25) is 4.79 Å². The number of phenolic OH excluding ortho intramolecular Hbond substituents is 1. The van der Waals surface area contributed by atoms with Gasteiger partial charge < -0.3 is 10.0 Å². The summed E-state index contributed by atoms with van der Waals surface area (Å²) < 4.78 is 13.6. The van der Waals surface area contributed by atoms with E-state index < -0.39 is 11.7 Å². The smallest absolute Gasteiger partial charge is 0.260 e. The SMILES string of the molecule is CC(C)N(CCCBr)C(=O)c1c(O)cccc1F. The fourth-order valence-electron chi connectivity index (χ4n) is 1.69. The van der Waals surface area contributed by atoms with Gasteiger partial charge in [-0.05, 0) is 32.4 Å². The van der Waals surface area contributed by atoms with Gasteiger partial charge in [0.25, 0.3) is 5.91 Å². The van der Waals surface area contributed by atoms with Gasteiger partial charge in [0.15, 0.2) is 0 Å². The van der Waals surface area contributed by atoms with E-state index in [1.807, 2.05) is 13.8 Å². The topological polar surface area (TPSA) is 40.5 Å². The van der Waals surface area contributed by atoms with Crippen molar-refractivity contribution >= 4 is 21.8 Å². The molecule has 0 fully saturated rings. The molecule has 5 heteroatoms. The molecule has 1 amide bonds. The van der Waals surface area contributed by atoms with Crippen LogP contribution in [-0.4, -0.2) is 33.8 Å². The minimum atomic E-state index is -0.690. The summed E-state index contributed by atoms with van der Waals surface area (Å²) in [6.07, 6.45) is 0.777. The second kappa shape index (κ2) is 6.73. The fraction of sp³-hybridized carbons (Fsp3) is 0.462. The highest BCUT2D eigenvalue weighted by molar-refractivity contribution is 9.09. The Morgan fingerprint density at radius 1 is 1.50 bits per heavy atom. The quantitative estimate of drug-likeness (QED) is 0.847. The van der Waals surface area contributed by atoms with Crippen LogP contribution in [0.5, 0.6) is 5.75 Å². The Morgan fingerprint density at radius 3 is 2.67 bits per heavy atom. The molecule has 100 valence electrons. The lowest BCUT2D eigenvalue weighted by Crippen LogP contribution is -2.38. The van der Waals surface area contributed by atoms with E-state index in [9.17, 15) is 14.3 Å². The third-order valence-electron chi connectivity index (χ3n) is 2.62. The van der Waals surface area contributed by atoms with E-state index in [0.717, 1.165) is 11.8 Å². The van der Waals surface area contributed by atoms with Gasteiger partial charge >= 0.3 is 0 Å². The molecule has 0 aromatic heterocycles. The van der Waals surface area contributed by atoms with Crippen LogP contribution in [0.25, 0.3) is 0 Å². The summed E-state index contributed by atoms with van der Waals surface area (Å²) in [5, 5.41) is 10.4. The fourth-order valence-corrected chi connectivity index (χ4v) is 1.94. The predicted molar refractivity (Wildman–Crippen MR) is 72.6 cm³/mol. The zero-order chi connectivity index (χ0) is 13.7. The Bertz CT molecular complexity index is 403. The molecule has 0 unspecified atom stereocenters. The Morgan fingerprint density at radius 2 is 2.17 bits per heavy atom. The molecule has 0 radical (unpaired) electrons. The van der Waals surface area contributed by atoms with Gasteiger partial charge in [0.1, 0.15) is 17.1 Å². The first-order valence-corrected chi connectivity index (χ1v) is 6.95. The van der Waals surface area contributed by atoms with Crippen LogP contribution in [0.2, 0.25) is 0 Å². The van der Waals surface area contributed by atoms with E-state index in [1.54, 1.807) is 4.90 Å². The van der Waals surface area contributed by atoms with Crippen molar-refractivity contribution in [3.05, 3.63) is 29.6 Å². The number of alkyl halides is 1.